The first-order chi connectivity index (χ1) is 10.9. The first kappa shape index (κ1) is 15.3. The van der Waals surface area contributed by atoms with Gasteiger partial charge in [-0.1, -0.05) is 30.3 Å². The summed E-state index contributed by atoms with van der Waals surface area (Å²) in [4.78, 5) is 7.43. The summed E-state index contributed by atoms with van der Waals surface area (Å²) in [6.07, 6.45) is -3.85. The lowest BCUT2D eigenvalue weighted by Crippen LogP contribution is -2.11. The summed E-state index contributed by atoms with van der Waals surface area (Å²) in [6.45, 7) is 2.26. The lowest BCUT2D eigenvalue weighted by atomic mass is 10.1. The Balaban J connectivity index is 1.83. The molecule has 23 heavy (non-hydrogen) atoms. The number of hydrogen-bond donors (Lipinski definition) is 1. The van der Waals surface area contributed by atoms with Gasteiger partial charge in [0.2, 0.25) is 0 Å². The Kier molecular flexibility index (Phi) is 3.89. The van der Waals surface area contributed by atoms with E-state index in [0.29, 0.717) is 18.1 Å². The summed E-state index contributed by atoms with van der Waals surface area (Å²) < 4.78 is 39.3. The molecule has 1 aromatic carbocycles. The van der Waals surface area contributed by atoms with Gasteiger partial charge in [-0.15, -0.1) is 5.10 Å². The predicted molar refractivity (Wildman–Crippen MR) is 79.2 cm³/mol. The molecule has 0 aliphatic carbocycles. The number of benzene rings is 1. The van der Waals surface area contributed by atoms with Crippen molar-refractivity contribution in [2.45, 2.75) is 19.5 Å². The maximum atomic E-state index is 12.7. The molecule has 0 amide bonds. The molecule has 0 saturated heterocycles. The fourth-order valence-corrected chi connectivity index (χ4v) is 2.21. The fourth-order valence-electron chi connectivity index (χ4n) is 2.21. The Morgan fingerprint density at radius 1 is 1.13 bits per heavy atom. The number of halogens is 3. The van der Waals surface area contributed by atoms with Gasteiger partial charge in [0.25, 0.3) is 11.6 Å². The minimum absolute atomic E-state index is 0.0699. The van der Waals surface area contributed by atoms with Crippen LogP contribution in [0.3, 0.4) is 0 Å². The number of nitrogens with one attached hydrogen (secondary N) is 1. The summed E-state index contributed by atoms with van der Waals surface area (Å²) in [7, 11) is 0. The van der Waals surface area contributed by atoms with Crippen LogP contribution in [0.5, 0.6) is 0 Å². The molecule has 3 aromatic rings. The Morgan fingerprint density at radius 3 is 2.57 bits per heavy atom. The molecule has 0 radical (unpaired) electrons. The van der Waals surface area contributed by atoms with Crippen molar-refractivity contribution in [1.82, 2.24) is 19.6 Å². The van der Waals surface area contributed by atoms with E-state index in [1.54, 1.807) is 13.0 Å². The molecule has 0 unspecified atom stereocenters. The zero-order chi connectivity index (χ0) is 16.4. The molecule has 2 heterocycles. The van der Waals surface area contributed by atoms with Crippen molar-refractivity contribution in [3.63, 3.8) is 0 Å². The molecule has 0 bridgehead atoms. The number of nitrogens with zero attached hydrogens (tertiary/aromatic N) is 4. The third kappa shape index (κ3) is 3.41. The number of fused-ring (bicyclic) bond motifs is 1. The molecular weight excluding hydrogens is 307 g/mol. The van der Waals surface area contributed by atoms with E-state index < -0.39 is 12.0 Å². The molecule has 0 aliphatic rings. The highest BCUT2D eigenvalue weighted by Crippen LogP contribution is 2.27. The van der Waals surface area contributed by atoms with E-state index in [2.05, 4.69) is 20.4 Å². The van der Waals surface area contributed by atoms with E-state index in [4.69, 9.17) is 0 Å². The Hall–Kier alpha value is -2.64. The Labute approximate surface area is 130 Å². The lowest BCUT2D eigenvalue weighted by Gasteiger charge is -2.08. The van der Waals surface area contributed by atoms with E-state index in [1.165, 1.54) is 0 Å². The maximum absolute atomic E-state index is 12.7. The van der Waals surface area contributed by atoms with Crippen LogP contribution in [0.15, 0.2) is 36.4 Å². The summed E-state index contributed by atoms with van der Waals surface area (Å²) in [6, 6.07) is 11.4. The zero-order valence-electron chi connectivity index (χ0n) is 12.3. The van der Waals surface area contributed by atoms with Gasteiger partial charge in [-0.3, -0.25) is 0 Å². The van der Waals surface area contributed by atoms with Crippen molar-refractivity contribution in [2.75, 3.05) is 11.9 Å². The van der Waals surface area contributed by atoms with Gasteiger partial charge in [0, 0.05) is 18.3 Å². The summed E-state index contributed by atoms with van der Waals surface area (Å²) in [5.41, 5.74) is 1.71. The molecule has 0 atom stereocenters. The van der Waals surface area contributed by atoms with Crippen molar-refractivity contribution in [3.05, 3.63) is 53.5 Å². The second-order valence-corrected chi connectivity index (χ2v) is 5.09. The molecular formula is C15H14F3N5. The smallest absolute Gasteiger partial charge is 0.370 e. The number of aryl methyl sites for hydroxylation is 1. The highest BCUT2D eigenvalue weighted by atomic mass is 19.4. The fraction of sp³-hybridized carbons (Fsp3) is 0.267. The molecule has 0 spiro atoms. The van der Waals surface area contributed by atoms with Crippen molar-refractivity contribution < 1.29 is 13.2 Å². The van der Waals surface area contributed by atoms with E-state index >= 15 is 0 Å². The number of alkyl halides is 3. The van der Waals surface area contributed by atoms with Gasteiger partial charge in [-0.05, 0) is 18.9 Å². The topological polar surface area (TPSA) is 55.1 Å². The van der Waals surface area contributed by atoms with Gasteiger partial charge in [0.05, 0.1) is 0 Å². The van der Waals surface area contributed by atoms with Gasteiger partial charge in [-0.2, -0.15) is 22.7 Å². The monoisotopic (exact) mass is 321 g/mol. The average Bonchev–Trinajstić information content (AvgIpc) is 2.92. The maximum Gasteiger partial charge on any atom is 0.453 e. The standard InChI is InChI=1S/C15H14F3N5/c1-10-9-12(19-8-7-11-5-3-2-4-6-11)23-14(20-10)21-13(22-23)15(16,17)18/h2-6,9,19H,7-8H2,1H3. The quantitative estimate of drug-likeness (QED) is 0.802. The number of aromatic nitrogens is 4. The number of anilines is 1. The highest BCUT2D eigenvalue weighted by molar-refractivity contribution is 5.45. The van der Waals surface area contributed by atoms with E-state index in [9.17, 15) is 13.2 Å². The van der Waals surface area contributed by atoms with Crippen LogP contribution in [-0.2, 0) is 12.6 Å². The molecule has 0 aliphatic heterocycles. The van der Waals surface area contributed by atoms with Gasteiger partial charge in [-0.25, -0.2) is 4.98 Å². The van der Waals surface area contributed by atoms with Gasteiger partial charge < -0.3 is 5.32 Å². The molecule has 0 saturated carbocycles. The predicted octanol–water partition coefficient (Wildman–Crippen LogP) is 3.11. The van der Waals surface area contributed by atoms with E-state index in [0.717, 1.165) is 16.5 Å². The SMILES string of the molecule is Cc1cc(NCCc2ccccc2)n2nc(C(F)(F)F)nc2n1. The second-order valence-electron chi connectivity index (χ2n) is 5.09. The molecule has 3 rings (SSSR count). The van der Waals surface area contributed by atoms with Gasteiger partial charge in [0.15, 0.2) is 0 Å². The third-order valence-corrected chi connectivity index (χ3v) is 3.26. The molecule has 1 N–H and O–H groups in total. The highest BCUT2D eigenvalue weighted by Gasteiger charge is 2.36. The van der Waals surface area contributed by atoms with Crippen LogP contribution in [0, 0.1) is 6.92 Å². The van der Waals surface area contributed by atoms with Crippen molar-refractivity contribution in [2.24, 2.45) is 0 Å². The normalized spacial score (nSPS) is 11.8. The van der Waals surface area contributed by atoms with Crippen LogP contribution in [0.25, 0.3) is 5.78 Å². The molecule has 2 aromatic heterocycles. The van der Waals surface area contributed by atoms with Crippen molar-refractivity contribution in [3.8, 4) is 0 Å². The minimum Gasteiger partial charge on any atom is -0.370 e. The van der Waals surface area contributed by atoms with Crippen LogP contribution in [0.2, 0.25) is 0 Å². The van der Waals surface area contributed by atoms with Crippen LogP contribution in [0.4, 0.5) is 19.0 Å². The van der Waals surface area contributed by atoms with Crippen molar-refractivity contribution >= 4 is 11.6 Å². The van der Waals surface area contributed by atoms with Crippen LogP contribution < -0.4 is 5.32 Å². The first-order valence-corrected chi connectivity index (χ1v) is 7.03. The van der Waals surface area contributed by atoms with Gasteiger partial charge in [0.1, 0.15) is 5.82 Å². The van der Waals surface area contributed by atoms with Gasteiger partial charge >= 0.3 is 6.18 Å². The minimum atomic E-state index is -4.59. The van der Waals surface area contributed by atoms with Crippen LogP contribution >= 0.6 is 0 Å². The zero-order valence-corrected chi connectivity index (χ0v) is 12.3. The van der Waals surface area contributed by atoms with E-state index in [-0.39, 0.29) is 5.78 Å². The third-order valence-electron chi connectivity index (χ3n) is 3.26. The average molecular weight is 321 g/mol. The number of hydrogen-bond acceptors (Lipinski definition) is 4. The first-order valence-electron chi connectivity index (χ1n) is 7.03. The van der Waals surface area contributed by atoms with Crippen LogP contribution in [-0.4, -0.2) is 26.1 Å². The number of rotatable bonds is 4. The molecule has 8 heteroatoms. The summed E-state index contributed by atoms with van der Waals surface area (Å²) in [5, 5.41) is 6.60. The summed E-state index contributed by atoms with van der Waals surface area (Å²) >= 11 is 0. The second kappa shape index (κ2) is 5.86. The summed E-state index contributed by atoms with van der Waals surface area (Å²) in [5.74, 6) is -0.826. The molecule has 5 nitrogen and oxygen atoms in total. The Bertz CT molecular complexity index is 811. The van der Waals surface area contributed by atoms with Crippen molar-refractivity contribution in [1.29, 1.82) is 0 Å². The van der Waals surface area contributed by atoms with E-state index in [1.807, 2.05) is 30.3 Å². The van der Waals surface area contributed by atoms with Crippen LogP contribution in [0.1, 0.15) is 17.1 Å². The Morgan fingerprint density at radius 2 is 1.87 bits per heavy atom. The molecule has 120 valence electrons. The largest absolute Gasteiger partial charge is 0.453 e. The molecule has 0 fully saturated rings. The lowest BCUT2D eigenvalue weighted by molar-refractivity contribution is -0.144.